The number of carbonyl (C=O) groups excluding carboxylic acids is 1. The second-order valence-electron chi connectivity index (χ2n) is 11.8. The number of aromatic amines is 1. The van der Waals surface area contributed by atoms with Crippen LogP contribution in [-0.2, 0) is 27.8 Å². The number of benzene rings is 1. The molecule has 1 atom stereocenters. The fraction of sp³-hybridized carbons (Fsp3) is 0.424. The molecule has 0 bridgehead atoms. The van der Waals surface area contributed by atoms with Crippen LogP contribution >= 0.6 is 0 Å². The molecule has 10 heteroatoms. The molecular formula is C33H35N7O3. The molecule has 0 saturated carbocycles. The van der Waals surface area contributed by atoms with Crippen LogP contribution in [0.3, 0.4) is 0 Å². The summed E-state index contributed by atoms with van der Waals surface area (Å²) in [6, 6.07) is 14.5. The number of nitrogens with one attached hydrogen (secondary N) is 1. The Morgan fingerprint density at radius 3 is 2.77 bits per heavy atom. The number of nitriles is 1. The molecule has 5 heterocycles. The fourth-order valence-electron chi connectivity index (χ4n) is 6.83. The molecule has 1 aliphatic carbocycles. The minimum absolute atomic E-state index is 0.0754. The first-order chi connectivity index (χ1) is 21.0. The van der Waals surface area contributed by atoms with Crippen molar-refractivity contribution in [2.75, 3.05) is 47.0 Å². The highest BCUT2D eigenvalue weighted by Gasteiger charge is 2.41. The average Bonchev–Trinajstić information content (AvgIpc) is 3.71. The first kappa shape index (κ1) is 27.5. The van der Waals surface area contributed by atoms with Crippen molar-refractivity contribution >= 4 is 16.9 Å². The van der Waals surface area contributed by atoms with Gasteiger partial charge in [0.2, 0.25) is 5.91 Å². The summed E-state index contributed by atoms with van der Waals surface area (Å²) in [4.78, 5) is 27.0. The Kier molecular flexibility index (Phi) is 7.07. The number of fused-ring (bicyclic) bond motifs is 2. The Hall–Kier alpha value is -4.33. The van der Waals surface area contributed by atoms with Gasteiger partial charge >= 0.3 is 0 Å². The number of ether oxygens (including phenoxy) is 2. The number of piperidine rings is 1. The van der Waals surface area contributed by atoms with Crippen molar-refractivity contribution in [3.63, 3.8) is 0 Å². The molecule has 0 spiro atoms. The molecule has 1 aromatic carbocycles. The monoisotopic (exact) mass is 577 g/mol. The SMILES string of the molecule is COc1cc2[nH]nc(-c3ccc(C4(C#N)CCN(C(=O)[C@H]5COCCN5C)CC4)nc3)c2nc1-c1cccc2c1CCC2. The number of H-pyrrole nitrogens is 1. The highest BCUT2D eigenvalue weighted by molar-refractivity contribution is 5.93. The summed E-state index contributed by atoms with van der Waals surface area (Å²) < 4.78 is 11.3. The molecule has 4 aromatic rings. The van der Waals surface area contributed by atoms with Crippen molar-refractivity contribution in [2.24, 2.45) is 0 Å². The number of aromatic nitrogens is 4. The lowest BCUT2D eigenvalue weighted by Gasteiger charge is -2.40. The number of rotatable bonds is 5. The van der Waals surface area contributed by atoms with Gasteiger partial charge < -0.3 is 14.4 Å². The van der Waals surface area contributed by atoms with Gasteiger partial charge in [-0.15, -0.1) is 0 Å². The number of hydrogen-bond acceptors (Lipinski definition) is 8. The lowest BCUT2D eigenvalue weighted by Crippen LogP contribution is -2.55. The maximum atomic E-state index is 13.2. The lowest BCUT2D eigenvalue weighted by molar-refractivity contribution is -0.143. The van der Waals surface area contributed by atoms with E-state index in [1.54, 1.807) is 13.3 Å². The molecule has 0 radical (unpaired) electrons. The molecule has 3 aliphatic rings. The topological polar surface area (TPSA) is 120 Å². The number of aryl methyl sites for hydroxylation is 1. The number of morpholine rings is 1. The first-order valence-electron chi connectivity index (χ1n) is 15.0. The highest BCUT2D eigenvalue weighted by Crippen LogP contribution is 2.39. The van der Waals surface area contributed by atoms with E-state index in [1.807, 2.05) is 30.1 Å². The van der Waals surface area contributed by atoms with E-state index >= 15 is 0 Å². The third kappa shape index (κ3) is 4.73. The van der Waals surface area contributed by atoms with Gasteiger partial charge in [-0.25, -0.2) is 4.98 Å². The van der Waals surface area contributed by atoms with Crippen molar-refractivity contribution in [3.8, 4) is 34.3 Å². The largest absolute Gasteiger partial charge is 0.494 e. The quantitative estimate of drug-likeness (QED) is 0.379. The minimum Gasteiger partial charge on any atom is -0.494 e. The molecule has 2 fully saturated rings. The summed E-state index contributed by atoms with van der Waals surface area (Å²) in [5, 5.41) is 18.0. The smallest absolute Gasteiger partial charge is 0.242 e. The van der Waals surface area contributed by atoms with Crippen molar-refractivity contribution < 1.29 is 14.3 Å². The summed E-state index contributed by atoms with van der Waals surface area (Å²) in [7, 11) is 3.63. The van der Waals surface area contributed by atoms with E-state index < -0.39 is 5.41 Å². The molecule has 10 nitrogen and oxygen atoms in total. The molecule has 0 unspecified atom stereocenters. The Morgan fingerprint density at radius 1 is 1.16 bits per heavy atom. The molecule has 220 valence electrons. The summed E-state index contributed by atoms with van der Waals surface area (Å²) in [5.74, 6) is 0.784. The van der Waals surface area contributed by atoms with E-state index in [1.165, 1.54) is 11.1 Å². The Morgan fingerprint density at radius 2 is 2.02 bits per heavy atom. The van der Waals surface area contributed by atoms with Gasteiger partial charge in [-0.3, -0.25) is 19.8 Å². The number of pyridine rings is 2. The van der Waals surface area contributed by atoms with Gasteiger partial charge in [0.1, 0.15) is 34.1 Å². The molecule has 7 rings (SSSR count). The van der Waals surface area contributed by atoms with Crippen LogP contribution in [0.5, 0.6) is 5.75 Å². The van der Waals surface area contributed by atoms with Gasteiger partial charge in [-0.2, -0.15) is 10.4 Å². The van der Waals surface area contributed by atoms with Gasteiger partial charge in [0.25, 0.3) is 0 Å². The van der Waals surface area contributed by atoms with Crippen molar-refractivity contribution in [2.45, 2.75) is 43.6 Å². The third-order valence-electron chi connectivity index (χ3n) is 9.47. The first-order valence-corrected chi connectivity index (χ1v) is 15.0. The van der Waals surface area contributed by atoms with Crippen molar-refractivity contribution in [1.82, 2.24) is 30.0 Å². The van der Waals surface area contributed by atoms with E-state index in [4.69, 9.17) is 19.4 Å². The molecule has 43 heavy (non-hydrogen) atoms. The second kappa shape index (κ2) is 11.1. The maximum absolute atomic E-state index is 13.2. The summed E-state index contributed by atoms with van der Waals surface area (Å²) in [5.41, 5.74) is 7.68. The van der Waals surface area contributed by atoms with Gasteiger partial charge in [0, 0.05) is 43.0 Å². The van der Waals surface area contributed by atoms with Crippen LogP contribution in [0.25, 0.3) is 33.5 Å². The number of carbonyl (C=O) groups is 1. The van der Waals surface area contributed by atoms with E-state index in [0.717, 1.165) is 59.4 Å². The predicted molar refractivity (Wildman–Crippen MR) is 161 cm³/mol. The lowest BCUT2D eigenvalue weighted by atomic mass is 9.76. The van der Waals surface area contributed by atoms with Crippen LogP contribution in [0.4, 0.5) is 0 Å². The number of amides is 1. The van der Waals surface area contributed by atoms with Gasteiger partial charge in [-0.1, -0.05) is 18.2 Å². The van der Waals surface area contributed by atoms with Crippen LogP contribution in [0, 0.1) is 11.3 Å². The highest BCUT2D eigenvalue weighted by atomic mass is 16.5. The molecule has 2 saturated heterocycles. The number of likely N-dealkylation sites (tertiary alicyclic amines) is 1. The van der Waals surface area contributed by atoms with E-state index in [9.17, 15) is 10.1 Å². The summed E-state index contributed by atoms with van der Waals surface area (Å²) >= 11 is 0. The van der Waals surface area contributed by atoms with Crippen LogP contribution in [0.1, 0.15) is 36.1 Å². The van der Waals surface area contributed by atoms with Gasteiger partial charge in [0.05, 0.1) is 37.6 Å². The zero-order valence-corrected chi connectivity index (χ0v) is 24.6. The predicted octanol–water partition coefficient (Wildman–Crippen LogP) is 3.90. The maximum Gasteiger partial charge on any atom is 0.242 e. The van der Waals surface area contributed by atoms with Gasteiger partial charge in [0.15, 0.2) is 0 Å². The third-order valence-corrected chi connectivity index (χ3v) is 9.47. The van der Waals surface area contributed by atoms with Crippen molar-refractivity contribution in [3.05, 3.63) is 59.4 Å². The van der Waals surface area contributed by atoms with Crippen LogP contribution in [0.2, 0.25) is 0 Å². The zero-order valence-electron chi connectivity index (χ0n) is 24.6. The molecule has 1 amide bonds. The number of methoxy groups -OCH3 is 1. The number of nitrogens with zero attached hydrogens (tertiary/aromatic N) is 6. The fourth-order valence-corrected chi connectivity index (χ4v) is 6.83. The summed E-state index contributed by atoms with van der Waals surface area (Å²) in [6.45, 7) is 2.83. The molecule has 2 aliphatic heterocycles. The number of likely N-dealkylation sites (N-methyl/N-ethyl adjacent to an activating group) is 1. The standard InChI is InChI=1S/C33H35N7O3/c1-39-15-16-43-19-26(39)32(41)40-13-11-33(20-34,12-14-40)28-10-9-22(18-35-28)29-31-25(37-38-29)17-27(42-2)30(36-31)24-8-4-6-21-5-3-7-23(21)24/h4,6,8-10,17-18,26H,3,5,7,11-16,19H2,1-2H3,(H,37,38)/t26-/m1/s1. The Labute approximate surface area is 250 Å². The summed E-state index contributed by atoms with van der Waals surface area (Å²) in [6.07, 6.45) is 6.14. The molecular weight excluding hydrogens is 542 g/mol. The van der Waals surface area contributed by atoms with E-state index in [2.05, 4.69) is 39.4 Å². The molecule has 3 aromatic heterocycles. The van der Waals surface area contributed by atoms with Crippen LogP contribution in [-0.4, -0.2) is 88.9 Å². The minimum atomic E-state index is -0.746. The Bertz CT molecular complexity index is 1720. The molecule has 1 N–H and O–H groups in total. The normalized spacial score (nSPS) is 20.1. The van der Waals surface area contributed by atoms with Crippen LogP contribution in [0.15, 0.2) is 42.6 Å². The number of hydrogen-bond donors (Lipinski definition) is 1. The van der Waals surface area contributed by atoms with E-state index in [-0.39, 0.29) is 11.9 Å². The van der Waals surface area contributed by atoms with Crippen LogP contribution < -0.4 is 4.74 Å². The Balaban J connectivity index is 1.15. The van der Waals surface area contributed by atoms with Crippen molar-refractivity contribution in [1.29, 1.82) is 5.26 Å². The zero-order chi connectivity index (χ0) is 29.6. The van der Waals surface area contributed by atoms with Gasteiger partial charge in [-0.05, 0) is 62.4 Å². The second-order valence-corrected chi connectivity index (χ2v) is 11.8. The average molecular weight is 578 g/mol. The van der Waals surface area contributed by atoms with E-state index in [0.29, 0.717) is 50.6 Å².